The van der Waals surface area contributed by atoms with Crippen LogP contribution in [0, 0.1) is 0 Å². The van der Waals surface area contributed by atoms with Crippen molar-refractivity contribution in [3.63, 3.8) is 0 Å². The molecule has 5 rings (SSSR count). The van der Waals surface area contributed by atoms with Gasteiger partial charge in [0.05, 0.1) is 0 Å². The fraction of sp³-hybridized carbons (Fsp3) is 0.0667. The van der Waals surface area contributed by atoms with Gasteiger partial charge in [0.25, 0.3) is 0 Å². The number of rotatable bonds is 6. The van der Waals surface area contributed by atoms with Crippen LogP contribution in [-0.4, -0.2) is 11.6 Å². The first kappa shape index (κ1) is 19.9. The third-order valence-electron chi connectivity index (χ3n) is 6.05. The molecule has 0 radical (unpaired) electrons. The van der Waals surface area contributed by atoms with Crippen molar-refractivity contribution in [1.29, 1.82) is 0 Å². The minimum absolute atomic E-state index is 0.0217. The van der Waals surface area contributed by atoms with Gasteiger partial charge in [0, 0.05) is 29.0 Å². The first-order valence-corrected chi connectivity index (χ1v) is 10.8. The van der Waals surface area contributed by atoms with Crippen LogP contribution in [0.15, 0.2) is 121 Å². The van der Waals surface area contributed by atoms with Crippen LogP contribution >= 0.6 is 0 Å². The van der Waals surface area contributed by atoms with Gasteiger partial charge >= 0.3 is 0 Å². The van der Waals surface area contributed by atoms with Crippen molar-refractivity contribution >= 4 is 17.1 Å². The Kier molecular flexibility index (Phi) is 5.35. The molecule has 1 unspecified atom stereocenters. The van der Waals surface area contributed by atoms with E-state index in [1.165, 1.54) is 0 Å². The van der Waals surface area contributed by atoms with Crippen LogP contribution in [0.2, 0.25) is 0 Å². The van der Waals surface area contributed by atoms with E-state index >= 15 is 0 Å². The fourth-order valence-electron chi connectivity index (χ4n) is 4.58. The summed E-state index contributed by atoms with van der Waals surface area (Å²) in [7, 11) is 0. The highest BCUT2D eigenvalue weighted by atomic mass is 16.1. The Hall–Kier alpha value is -4.04. The van der Waals surface area contributed by atoms with Crippen LogP contribution < -0.4 is 0 Å². The topological polar surface area (TPSA) is 34.1 Å². The van der Waals surface area contributed by atoms with E-state index < -0.39 is 0 Å². The molecule has 154 valence electrons. The van der Waals surface area contributed by atoms with E-state index in [2.05, 4.69) is 6.07 Å². The number of fused-ring (bicyclic) bond motifs is 1. The van der Waals surface area contributed by atoms with E-state index in [9.17, 15) is 9.59 Å². The van der Waals surface area contributed by atoms with Gasteiger partial charge in [0.15, 0.2) is 11.6 Å². The summed E-state index contributed by atoms with van der Waals surface area (Å²) in [6, 6.07) is 36.8. The molecule has 0 heterocycles. The summed E-state index contributed by atoms with van der Waals surface area (Å²) < 4.78 is 0. The molecule has 0 saturated heterocycles. The summed E-state index contributed by atoms with van der Waals surface area (Å²) >= 11 is 0. The van der Waals surface area contributed by atoms with Gasteiger partial charge in [0.2, 0.25) is 0 Å². The van der Waals surface area contributed by atoms with Crippen molar-refractivity contribution in [1.82, 2.24) is 0 Å². The van der Waals surface area contributed by atoms with Crippen molar-refractivity contribution in [2.24, 2.45) is 0 Å². The van der Waals surface area contributed by atoms with E-state index in [0.717, 1.165) is 22.3 Å². The number of carbonyl (C=O) groups is 2. The van der Waals surface area contributed by atoms with Crippen LogP contribution in [0.1, 0.15) is 49.7 Å². The van der Waals surface area contributed by atoms with Gasteiger partial charge in [-0.25, -0.2) is 0 Å². The smallest absolute Gasteiger partial charge is 0.190 e. The Morgan fingerprint density at radius 1 is 0.594 bits per heavy atom. The standard InChI is InChI=1S/C30H22O2/c31-27(21-12-4-1-5-13-21)20-26-24-18-10-11-19-25(24)28(22-14-6-2-7-15-22)29(26)30(32)23-16-8-3-9-17-23/h1-19,26H,20H2. The Bertz CT molecular complexity index is 1300. The number of carbonyl (C=O) groups excluding carboxylic acids is 2. The van der Waals surface area contributed by atoms with Crippen LogP contribution in [0.25, 0.3) is 5.57 Å². The number of allylic oxidation sites excluding steroid dienone is 1. The van der Waals surface area contributed by atoms with Crippen LogP contribution in [-0.2, 0) is 0 Å². The summed E-state index contributed by atoms with van der Waals surface area (Å²) in [5.74, 6) is -0.272. The van der Waals surface area contributed by atoms with Crippen molar-refractivity contribution in [2.75, 3.05) is 0 Å². The first-order chi connectivity index (χ1) is 15.7. The van der Waals surface area contributed by atoms with E-state index in [4.69, 9.17) is 0 Å². The Morgan fingerprint density at radius 3 is 1.78 bits per heavy atom. The van der Waals surface area contributed by atoms with Crippen LogP contribution in [0.3, 0.4) is 0 Å². The molecule has 4 aromatic carbocycles. The van der Waals surface area contributed by atoms with E-state index in [0.29, 0.717) is 16.7 Å². The molecule has 0 aromatic heterocycles. The molecule has 0 aliphatic heterocycles. The highest BCUT2D eigenvalue weighted by molar-refractivity contribution is 6.18. The summed E-state index contributed by atoms with van der Waals surface area (Å²) in [6.07, 6.45) is 0.255. The maximum absolute atomic E-state index is 13.9. The third-order valence-corrected chi connectivity index (χ3v) is 6.05. The highest BCUT2D eigenvalue weighted by Crippen LogP contribution is 2.48. The van der Waals surface area contributed by atoms with Gasteiger partial charge in [0.1, 0.15) is 0 Å². The third kappa shape index (κ3) is 3.61. The summed E-state index contributed by atoms with van der Waals surface area (Å²) in [5.41, 5.74) is 6.01. The summed E-state index contributed by atoms with van der Waals surface area (Å²) in [4.78, 5) is 27.1. The lowest BCUT2D eigenvalue weighted by Gasteiger charge is -2.16. The predicted molar refractivity (Wildman–Crippen MR) is 128 cm³/mol. The van der Waals surface area contributed by atoms with Gasteiger partial charge in [-0.05, 0) is 22.3 Å². The van der Waals surface area contributed by atoms with Crippen LogP contribution in [0.4, 0.5) is 0 Å². The molecule has 0 spiro atoms. The number of hydrogen-bond acceptors (Lipinski definition) is 2. The zero-order chi connectivity index (χ0) is 21.9. The molecule has 0 bridgehead atoms. The lowest BCUT2D eigenvalue weighted by atomic mass is 9.85. The molecule has 32 heavy (non-hydrogen) atoms. The monoisotopic (exact) mass is 414 g/mol. The zero-order valence-electron chi connectivity index (χ0n) is 17.6. The van der Waals surface area contributed by atoms with Crippen molar-refractivity contribution in [2.45, 2.75) is 12.3 Å². The molecule has 0 N–H and O–H groups in total. The van der Waals surface area contributed by atoms with E-state index in [1.807, 2.05) is 109 Å². The molecule has 2 nitrogen and oxygen atoms in total. The molecule has 0 saturated carbocycles. The minimum Gasteiger partial charge on any atom is -0.294 e. The SMILES string of the molecule is O=C(CC1C(C(=O)c2ccccc2)=C(c2ccccc2)c2ccccc21)c1ccccc1. The molecule has 1 aliphatic carbocycles. The fourth-order valence-corrected chi connectivity index (χ4v) is 4.58. The minimum atomic E-state index is -0.290. The normalized spacial score (nSPS) is 14.8. The Labute approximate surface area is 187 Å². The average molecular weight is 415 g/mol. The maximum Gasteiger partial charge on any atom is 0.190 e. The van der Waals surface area contributed by atoms with Crippen molar-refractivity contribution < 1.29 is 9.59 Å². The Morgan fingerprint density at radius 2 is 1.12 bits per heavy atom. The van der Waals surface area contributed by atoms with E-state index in [1.54, 1.807) is 0 Å². The van der Waals surface area contributed by atoms with Crippen LogP contribution in [0.5, 0.6) is 0 Å². The van der Waals surface area contributed by atoms with Crippen molar-refractivity contribution in [3.8, 4) is 0 Å². The molecular formula is C30H22O2. The molecule has 1 atom stereocenters. The lowest BCUT2D eigenvalue weighted by Crippen LogP contribution is -2.14. The van der Waals surface area contributed by atoms with Gasteiger partial charge in [-0.3, -0.25) is 9.59 Å². The molecule has 1 aliphatic rings. The number of ketones is 2. The van der Waals surface area contributed by atoms with E-state index in [-0.39, 0.29) is 23.9 Å². The second kappa shape index (κ2) is 8.60. The lowest BCUT2D eigenvalue weighted by molar-refractivity contribution is 0.0973. The predicted octanol–water partition coefficient (Wildman–Crippen LogP) is 6.74. The molecule has 0 amide bonds. The summed E-state index contributed by atoms with van der Waals surface area (Å²) in [5, 5.41) is 0. The molecule has 2 heteroatoms. The number of benzene rings is 4. The second-order valence-corrected chi connectivity index (χ2v) is 7.98. The number of Topliss-reactive ketones (excluding diaryl/α,β-unsaturated/α-hetero) is 2. The maximum atomic E-state index is 13.9. The molecule has 4 aromatic rings. The largest absolute Gasteiger partial charge is 0.294 e. The second-order valence-electron chi connectivity index (χ2n) is 7.98. The molecule has 0 fully saturated rings. The zero-order valence-corrected chi connectivity index (χ0v) is 17.6. The van der Waals surface area contributed by atoms with Crippen molar-refractivity contribution in [3.05, 3.63) is 149 Å². The average Bonchev–Trinajstić information content (AvgIpc) is 3.19. The van der Waals surface area contributed by atoms with Gasteiger partial charge in [-0.1, -0.05) is 115 Å². The van der Waals surface area contributed by atoms with Gasteiger partial charge in [-0.2, -0.15) is 0 Å². The van der Waals surface area contributed by atoms with Gasteiger partial charge < -0.3 is 0 Å². The quantitative estimate of drug-likeness (QED) is 0.327. The molecular weight excluding hydrogens is 392 g/mol. The summed E-state index contributed by atoms with van der Waals surface area (Å²) in [6.45, 7) is 0. The number of hydrogen-bond donors (Lipinski definition) is 0. The Balaban J connectivity index is 1.69. The highest BCUT2D eigenvalue weighted by Gasteiger charge is 2.37. The van der Waals surface area contributed by atoms with Gasteiger partial charge in [-0.15, -0.1) is 0 Å². The first-order valence-electron chi connectivity index (χ1n) is 10.8.